The molecule has 1 unspecified atom stereocenters. The van der Waals surface area contributed by atoms with E-state index in [0.29, 0.717) is 5.02 Å². The number of carbonyl (C=O) groups is 1. The van der Waals surface area contributed by atoms with Crippen molar-refractivity contribution < 1.29 is 4.79 Å². The molecule has 1 nitrogen and oxygen atoms in total. The molecule has 13 heavy (non-hydrogen) atoms. The molecule has 0 bridgehead atoms. The molecule has 0 aromatic carbocycles. The van der Waals surface area contributed by atoms with E-state index in [0.717, 1.165) is 23.5 Å². The van der Waals surface area contributed by atoms with Gasteiger partial charge in [-0.3, -0.25) is 4.79 Å². The number of ketones is 1. The number of hydrogen-bond acceptors (Lipinski definition) is 3. The van der Waals surface area contributed by atoms with Crippen molar-refractivity contribution in [1.82, 2.24) is 0 Å². The van der Waals surface area contributed by atoms with Gasteiger partial charge in [0.25, 0.3) is 0 Å². The molecule has 70 valence electrons. The van der Waals surface area contributed by atoms with Crippen LogP contribution in [-0.4, -0.2) is 16.8 Å². The standard InChI is InChI=1S/C9H9ClOS2/c10-6-3-5-13-9(6)8(11)7-2-1-4-12-7/h3,5,7H,1-2,4H2. The molecule has 0 N–H and O–H groups in total. The Bertz CT molecular complexity index is 315. The molecule has 0 amide bonds. The fourth-order valence-electron chi connectivity index (χ4n) is 1.40. The largest absolute Gasteiger partial charge is 0.292 e. The smallest absolute Gasteiger partial charge is 0.187 e. The lowest BCUT2D eigenvalue weighted by atomic mass is 10.1. The van der Waals surface area contributed by atoms with E-state index in [2.05, 4.69) is 0 Å². The van der Waals surface area contributed by atoms with E-state index in [-0.39, 0.29) is 11.0 Å². The lowest BCUT2D eigenvalue weighted by molar-refractivity contribution is 0.0992. The Labute approximate surface area is 90.5 Å². The first kappa shape index (κ1) is 9.56. The quantitative estimate of drug-likeness (QED) is 0.727. The van der Waals surface area contributed by atoms with Gasteiger partial charge in [0.2, 0.25) is 0 Å². The van der Waals surface area contributed by atoms with Crippen LogP contribution in [0.2, 0.25) is 5.02 Å². The second kappa shape index (κ2) is 4.03. The van der Waals surface area contributed by atoms with Crippen LogP contribution in [0.3, 0.4) is 0 Å². The summed E-state index contributed by atoms with van der Waals surface area (Å²) in [5.41, 5.74) is 0. The fraction of sp³-hybridized carbons (Fsp3) is 0.444. The van der Waals surface area contributed by atoms with Crippen LogP contribution in [0.15, 0.2) is 11.4 Å². The Hall–Kier alpha value is 0.01000. The molecule has 1 fully saturated rings. The number of thiophene rings is 1. The van der Waals surface area contributed by atoms with E-state index in [1.807, 2.05) is 5.38 Å². The van der Waals surface area contributed by atoms with Gasteiger partial charge < -0.3 is 0 Å². The van der Waals surface area contributed by atoms with Gasteiger partial charge >= 0.3 is 0 Å². The molecular weight excluding hydrogens is 224 g/mol. The molecule has 0 spiro atoms. The lowest BCUT2D eigenvalue weighted by Crippen LogP contribution is -2.12. The third-order valence-corrected chi connectivity index (χ3v) is 4.80. The predicted octanol–water partition coefficient (Wildman–Crippen LogP) is 3.48. The number of halogens is 1. The molecule has 0 radical (unpaired) electrons. The van der Waals surface area contributed by atoms with Crippen molar-refractivity contribution in [2.75, 3.05) is 5.75 Å². The van der Waals surface area contributed by atoms with Crippen LogP contribution >= 0.6 is 34.7 Å². The van der Waals surface area contributed by atoms with Gasteiger partial charge in [-0.2, -0.15) is 11.8 Å². The Balaban J connectivity index is 2.17. The molecule has 0 aliphatic carbocycles. The molecule has 2 rings (SSSR count). The highest BCUT2D eigenvalue weighted by atomic mass is 35.5. The van der Waals surface area contributed by atoms with Crippen molar-refractivity contribution in [2.45, 2.75) is 18.1 Å². The average Bonchev–Trinajstić information content (AvgIpc) is 2.72. The van der Waals surface area contributed by atoms with Gasteiger partial charge in [0.1, 0.15) is 0 Å². The van der Waals surface area contributed by atoms with Gasteiger partial charge in [0.05, 0.1) is 15.1 Å². The summed E-state index contributed by atoms with van der Waals surface area (Å²) < 4.78 is 0. The van der Waals surface area contributed by atoms with E-state index in [1.165, 1.54) is 11.3 Å². The van der Waals surface area contributed by atoms with Crippen LogP contribution in [0.5, 0.6) is 0 Å². The Morgan fingerprint density at radius 1 is 1.62 bits per heavy atom. The van der Waals surface area contributed by atoms with Gasteiger partial charge in [0.15, 0.2) is 5.78 Å². The van der Waals surface area contributed by atoms with Crippen molar-refractivity contribution in [3.05, 3.63) is 21.3 Å². The van der Waals surface area contributed by atoms with E-state index in [9.17, 15) is 4.79 Å². The summed E-state index contributed by atoms with van der Waals surface area (Å²) in [6.07, 6.45) is 2.17. The number of rotatable bonds is 2. The highest BCUT2D eigenvalue weighted by Crippen LogP contribution is 2.32. The van der Waals surface area contributed by atoms with Gasteiger partial charge in [-0.1, -0.05) is 11.6 Å². The third kappa shape index (κ3) is 1.92. The summed E-state index contributed by atoms with van der Waals surface area (Å²) in [5.74, 6) is 1.34. The highest BCUT2D eigenvalue weighted by Gasteiger charge is 2.26. The summed E-state index contributed by atoms with van der Waals surface area (Å²) >= 11 is 9.10. The van der Waals surface area contributed by atoms with Crippen LogP contribution in [0.25, 0.3) is 0 Å². The summed E-state index contributed by atoms with van der Waals surface area (Å²) in [6.45, 7) is 0. The molecule has 1 atom stereocenters. The van der Waals surface area contributed by atoms with Crippen molar-refractivity contribution in [2.24, 2.45) is 0 Å². The molecule has 1 aromatic heterocycles. The summed E-state index contributed by atoms with van der Waals surface area (Å²) in [5, 5.41) is 2.65. The molecule has 2 heterocycles. The molecule has 1 aliphatic rings. The SMILES string of the molecule is O=C(c1sccc1Cl)C1CCCS1. The molecule has 0 saturated carbocycles. The first-order chi connectivity index (χ1) is 6.29. The molecule has 1 aromatic rings. The topological polar surface area (TPSA) is 17.1 Å². The average molecular weight is 233 g/mol. The number of carbonyl (C=O) groups excluding carboxylic acids is 1. The zero-order valence-electron chi connectivity index (χ0n) is 6.96. The van der Waals surface area contributed by atoms with Crippen molar-refractivity contribution >= 4 is 40.5 Å². The maximum atomic E-state index is 11.8. The number of hydrogen-bond donors (Lipinski definition) is 0. The first-order valence-corrected chi connectivity index (χ1v) is 6.48. The predicted molar refractivity (Wildman–Crippen MR) is 59.1 cm³/mol. The zero-order chi connectivity index (χ0) is 9.26. The van der Waals surface area contributed by atoms with Gasteiger partial charge in [-0.15, -0.1) is 11.3 Å². The number of thioether (sulfide) groups is 1. The Morgan fingerprint density at radius 2 is 2.46 bits per heavy atom. The lowest BCUT2D eigenvalue weighted by Gasteiger charge is -2.04. The minimum atomic E-state index is 0.163. The maximum absolute atomic E-state index is 11.8. The molecule has 1 saturated heterocycles. The van der Waals surface area contributed by atoms with Gasteiger partial charge in [-0.25, -0.2) is 0 Å². The first-order valence-electron chi connectivity index (χ1n) is 4.18. The number of Topliss-reactive ketones (excluding diaryl/α,β-unsaturated/α-hetero) is 1. The molecule has 4 heteroatoms. The molecular formula is C9H9ClOS2. The van der Waals surface area contributed by atoms with Crippen LogP contribution in [0, 0.1) is 0 Å². The Kier molecular flexibility index (Phi) is 2.96. The van der Waals surface area contributed by atoms with Gasteiger partial charge in [-0.05, 0) is 30.0 Å². The van der Waals surface area contributed by atoms with Crippen LogP contribution in [0.4, 0.5) is 0 Å². The zero-order valence-corrected chi connectivity index (χ0v) is 9.35. The van der Waals surface area contributed by atoms with Gasteiger partial charge in [0, 0.05) is 0 Å². The van der Waals surface area contributed by atoms with Crippen molar-refractivity contribution in [3.63, 3.8) is 0 Å². The van der Waals surface area contributed by atoms with E-state index < -0.39 is 0 Å². The normalized spacial score (nSPS) is 22.1. The summed E-state index contributed by atoms with van der Waals surface area (Å²) in [7, 11) is 0. The van der Waals surface area contributed by atoms with Crippen molar-refractivity contribution in [3.8, 4) is 0 Å². The third-order valence-electron chi connectivity index (χ3n) is 2.06. The highest BCUT2D eigenvalue weighted by molar-refractivity contribution is 8.00. The second-order valence-electron chi connectivity index (χ2n) is 2.96. The van der Waals surface area contributed by atoms with E-state index in [4.69, 9.17) is 11.6 Å². The van der Waals surface area contributed by atoms with Crippen molar-refractivity contribution in [1.29, 1.82) is 0 Å². The summed E-state index contributed by atoms with van der Waals surface area (Å²) in [6, 6.07) is 1.79. The summed E-state index contributed by atoms with van der Waals surface area (Å²) in [4.78, 5) is 12.6. The van der Waals surface area contributed by atoms with Crippen LogP contribution < -0.4 is 0 Å². The van der Waals surface area contributed by atoms with E-state index >= 15 is 0 Å². The Morgan fingerprint density at radius 3 is 3.00 bits per heavy atom. The monoisotopic (exact) mass is 232 g/mol. The van der Waals surface area contributed by atoms with E-state index in [1.54, 1.807) is 17.8 Å². The molecule has 1 aliphatic heterocycles. The fourth-order valence-corrected chi connectivity index (χ4v) is 3.84. The maximum Gasteiger partial charge on any atom is 0.187 e. The minimum absolute atomic E-state index is 0.163. The minimum Gasteiger partial charge on any atom is -0.292 e. The van der Waals surface area contributed by atoms with Crippen LogP contribution in [0.1, 0.15) is 22.5 Å². The van der Waals surface area contributed by atoms with Crippen LogP contribution in [-0.2, 0) is 0 Å². The second-order valence-corrected chi connectivity index (χ2v) is 5.60.